The van der Waals surface area contributed by atoms with Gasteiger partial charge in [0.2, 0.25) is 5.91 Å². The molecule has 2 atom stereocenters. The van der Waals surface area contributed by atoms with Crippen molar-refractivity contribution < 1.29 is 19.1 Å². The van der Waals surface area contributed by atoms with Gasteiger partial charge in [0.15, 0.2) is 6.61 Å². The highest BCUT2D eigenvalue weighted by Gasteiger charge is 2.46. The van der Waals surface area contributed by atoms with Crippen LogP contribution in [0.1, 0.15) is 17.2 Å². The predicted molar refractivity (Wildman–Crippen MR) is 107 cm³/mol. The molecule has 0 N–H and O–H groups in total. The zero-order chi connectivity index (χ0) is 19.5. The lowest BCUT2D eigenvalue weighted by molar-refractivity contribution is -0.141. The maximum atomic E-state index is 12.7. The zero-order valence-corrected chi connectivity index (χ0v) is 16.7. The summed E-state index contributed by atoms with van der Waals surface area (Å²) in [6.45, 7) is 2.32. The zero-order valence-electron chi connectivity index (χ0n) is 15.9. The van der Waals surface area contributed by atoms with E-state index in [1.54, 1.807) is 47.6 Å². The number of carbonyl (C=O) groups excluding carboxylic acids is 2. The highest BCUT2D eigenvalue weighted by Crippen LogP contribution is 2.50. The van der Waals surface area contributed by atoms with E-state index < -0.39 is 0 Å². The topological polar surface area (TPSA) is 59.1 Å². The summed E-state index contributed by atoms with van der Waals surface area (Å²) in [5.41, 5.74) is 0. The Bertz CT molecular complexity index is 813. The van der Waals surface area contributed by atoms with Crippen LogP contribution >= 0.6 is 11.3 Å². The van der Waals surface area contributed by atoms with Crippen LogP contribution in [-0.4, -0.2) is 61.5 Å². The number of piperazine rings is 1. The predicted octanol–water partition coefficient (Wildman–Crippen LogP) is 2.61. The fourth-order valence-corrected chi connectivity index (χ4v) is 4.51. The van der Waals surface area contributed by atoms with E-state index in [0.717, 1.165) is 12.2 Å². The van der Waals surface area contributed by atoms with Crippen LogP contribution in [0.5, 0.6) is 11.5 Å². The lowest BCUT2D eigenvalue weighted by atomic mass is 10.2. The highest BCUT2D eigenvalue weighted by molar-refractivity contribution is 7.10. The number of hydrogen-bond acceptors (Lipinski definition) is 5. The third kappa shape index (κ3) is 4.14. The van der Waals surface area contributed by atoms with E-state index >= 15 is 0 Å². The van der Waals surface area contributed by atoms with Crippen LogP contribution < -0.4 is 9.47 Å². The molecular weight excluding hydrogens is 376 g/mol. The maximum Gasteiger partial charge on any atom is 0.260 e. The van der Waals surface area contributed by atoms with E-state index in [1.165, 1.54) is 4.88 Å². The Morgan fingerprint density at radius 3 is 2.36 bits per heavy atom. The van der Waals surface area contributed by atoms with Crippen molar-refractivity contribution in [2.45, 2.75) is 12.3 Å². The number of nitrogens with zero attached hydrogens (tertiary/aromatic N) is 2. The lowest BCUT2D eigenvalue weighted by Crippen LogP contribution is -2.52. The minimum absolute atomic E-state index is 0.00333. The summed E-state index contributed by atoms with van der Waals surface area (Å²) < 4.78 is 10.7. The fourth-order valence-electron chi connectivity index (χ4n) is 3.60. The van der Waals surface area contributed by atoms with Crippen molar-refractivity contribution in [1.29, 1.82) is 0 Å². The van der Waals surface area contributed by atoms with Gasteiger partial charge in [-0.3, -0.25) is 9.59 Å². The first-order valence-corrected chi connectivity index (χ1v) is 10.4. The number of rotatable bonds is 6. The normalized spacial score (nSPS) is 21.3. The summed E-state index contributed by atoms with van der Waals surface area (Å²) in [4.78, 5) is 30.1. The van der Waals surface area contributed by atoms with E-state index in [4.69, 9.17) is 9.47 Å². The van der Waals surface area contributed by atoms with Crippen molar-refractivity contribution in [3.8, 4) is 11.5 Å². The average molecular weight is 401 g/mol. The van der Waals surface area contributed by atoms with Crippen molar-refractivity contribution in [3.05, 3.63) is 46.7 Å². The molecule has 4 rings (SSSR count). The Balaban J connectivity index is 1.21. The second-order valence-corrected chi connectivity index (χ2v) is 8.11. The molecular formula is C21H24N2O4S. The fraction of sp³-hybridized carbons (Fsp3) is 0.429. The Labute approximate surface area is 168 Å². The molecule has 2 unspecified atom stereocenters. The molecule has 28 heavy (non-hydrogen) atoms. The van der Waals surface area contributed by atoms with Gasteiger partial charge in [0.05, 0.1) is 7.11 Å². The molecule has 0 bridgehead atoms. The molecule has 6 nitrogen and oxygen atoms in total. The molecule has 2 amide bonds. The Kier molecular flexibility index (Phi) is 5.52. The number of carbonyl (C=O) groups is 2. The largest absolute Gasteiger partial charge is 0.497 e. The molecule has 0 spiro atoms. The van der Waals surface area contributed by atoms with Gasteiger partial charge in [-0.25, -0.2) is 0 Å². The van der Waals surface area contributed by atoms with E-state index in [1.807, 2.05) is 11.0 Å². The average Bonchev–Trinajstić information content (AvgIpc) is 3.36. The lowest BCUT2D eigenvalue weighted by Gasteiger charge is -2.35. The molecule has 1 aromatic heterocycles. The first-order chi connectivity index (χ1) is 13.7. The molecule has 1 saturated heterocycles. The third-order valence-corrected chi connectivity index (χ3v) is 6.39. The van der Waals surface area contributed by atoms with Gasteiger partial charge >= 0.3 is 0 Å². The van der Waals surface area contributed by atoms with Crippen molar-refractivity contribution >= 4 is 23.2 Å². The van der Waals surface area contributed by atoms with Gasteiger partial charge in [-0.2, -0.15) is 0 Å². The van der Waals surface area contributed by atoms with Gasteiger partial charge in [0.1, 0.15) is 11.5 Å². The number of amides is 2. The first-order valence-electron chi connectivity index (χ1n) is 9.52. The highest BCUT2D eigenvalue weighted by atomic mass is 32.1. The summed E-state index contributed by atoms with van der Waals surface area (Å²) >= 11 is 1.73. The van der Waals surface area contributed by atoms with E-state index in [-0.39, 0.29) is 24.3 Å². The molecule has 1 aromatic carbocycles. The third-order valence-electron chi connectivity index (χ3n) is 5.38. The van der Waals surface area contributed by atoms with Gasteiger partial charge in [-0.05, 0) is 42.1 Å². The quantitative estimate of drug-likeness (QED) is 0.748. The molecule has 0 radical (unpaired) electrons. The number of methoxy groups -OCH3 is 1. The van der Waals surface area contributed by atoms with Gasteiger partial charge in [0, 0.05) is 42.9 Å². The van der Waals surface area contributed by atoms with Crippen LogP contribution in [-0.2, 0) is 9.59 Å². The van der Waals surface area contributed by atoms with Crippen LogP contribution in [0.3, 0.4) is 0 Å². The van der Waals surface area contributed by atoms with Crippen LogP contribution in [0.25, 0.3) is 0 Å². The molecule has 1 aliphatic carbocycles. The molecule has 2 aliphatic rings. The summed E-state index contributed by atoms with van der Waals surface area (Å²) in [7, 11) is 1.61. The van der Waals surface area contributed by atoms with Gasteiger partial charge in [-0.1, -0.05) is 6.07 Å². The van der Waals surface area contributed by atoms with Crippen molar-refractivity contribution in [3.63, 3.8) is 0 Å². The van der Waals surface area contributed by atoms with Crippen LogP contribution in [0, 0.1) is 5.92 Å². The summed E-state index contributed by atoms with van der Waals surface area (Å²) in [5, 5.41) is 2.06. The Hall–Kier alpha value is -2.54. The molecule has 2 heterocycles. The second kappa shape index (κ2) is 8.22. The van der Waals surface area contributed by atoms with Gasteiger partial charge < -0.3 is 19.3 Å². The molecule has 7 heteroatoms. The Morgan fingerprint density at radius 2 is 1.71 bits per heavy atom. The summed E-state index contributed by atoms with van der Waals surface area (Å²) in [6, 6.07) is 11.3. The summed E-state index contributed by atoms with van der Waals surface area (Å²) in [6.07, 6.45) is 0.953. The number of benzene rings is 1. The van der Waals surface area contributed by atoms with Crippen molar-refractivity contribution in [1.82, 2.24) is 9.80 Å². The monoisotopic (exact) mass is 400 g/mol. The SMILES string of the molecule is COc1ccc(OCC(=O)N2CCN(C(=O)C3CC3c3cccs3)CC2)cc1. The number of thiophene rings is 1. The molecule has 2 aromatic rings. The first kappa shape index (κ1) is 18.8. The van der Waals surface area contributed by atoms with E-state index in [0.29, 0.717) is 37.8 Å². The number of hydrogen-bond donors (Lipinski definition) is 0. The maximum absolute atomic E-state index is 12.7. The van der Waals surface area contributed by atoms with Crippen LogP contribution in [0.15, 0.2) is 41.8 Å². The van der Waals surface area contributed by atoms with Crippen molar-refractivity contribution in [2.75, 3.05) is 39.9 Å². The van der Waals surface area contributed by atoms with Gasteiger partial charge in [0.25, 0.3) is 5.91 Å². The minimum atomic E-state index is -0.0502. The number of ether oxygens (including phenoxy) is 2. The molecule has 1 aliphatic heterocycles. The molecule has 2 fully saturated rings. The van der Waals surface area contributed by atoms with Crippen molar-refractivity contribution in [2.24, 2.45) is 5.92 Å². The van der Waals surface area contributed by atoms with E-state index in [9.17, 15) is 9.59 Å². The molecule has 148 valence electrons. The minimum Gasteiger partial charge on any atom is -0.497 e. The van der Waals surface area contributed by atoms with Crippen LogP contribution in [0.2, 0.25) is 0 Å². The van der Waals surface area contributed by atoms with Gasteiger partial charge in [-0.15, -0.1) is 11.3 Å². The standard InChI is InChI=1S/C21H24N2O4S/c1-26-15-4-6-16(7-5-15)27-14-20(24)22-8-10-23(11-9-22)21(25)18-13-17(18)19-3-2-12-28-19/h2-7,12,17-18H,8-11,13-14H2,1H3. The smallest absolute Gasteiger partial charge is 0.260 e. The Morgan fingerprint density at radius 1 is 1.04 bits per heavy atom. The second-order valence-electron chi connectivity index (χ2n) is 7.13. The van der Waals surface area contributed by atoms with E-state index in [2.05, 4.69) is 11.4 Å². The van der Waals surface area contributed by atoms with Crippen LogP contribution in [0.4, 0.5) is 0 Å². The summed E-state index contributed by atoms with van der Waals surface area (Å²) in [5.74, 6) is 2.09. The molecule has 1 saturated carbocycles.